The first-order valence-corrected chi connectivity index (χ1v) is 9.70. The van der Waals surface area contributed by atoms with E-state index in [0.717, 1.165) is 37.1 Å². The minimum atomic E-state index is -0.359. The zero-order valence-corrected chi connectivity index (χ0v) is 15.3. The van der Waals surface area contributed by atoms with Crippen molar-refractivity contribution in [1.29, 1.82) is 0 Å². The Labute approximate surface area is 159 Å². The predicted octanol–water partition coefficient (Wildman–Crippen LogP) is 3.52. The van der Waals surface area contributed by atoms with Gasteiger partial charge in [-0.1, -0.05) is 37.1 Å². The molecule has 2 atom stereocenters. The fraction of sp³-hybridized carbons (Fsp3) is 0.409. The van der Waals surface area contributed by atoms with Gasteiger partial charge in [0.25, 0.3) is 0 Å². The van der Waals surface area contributed by atoms with Crippen molar-refractivity contribution in [3.63, 3.8) is 0 Å². The average Bonchev–Trinajstić information content (AvgIpc) is 3.16. The zero-order valence-electron chi connectivity index (χ0n) is 15.3. The van der Waals surface area contributed by atoms with E-state index in [2.05, 4.69) is 11.1 Å². The number of ether oxygens (including phenoxy) is 1. The third-order valence-electron chi connectivity index (χ3n) is 5.63. The molecule has 2 heterocycles. The quantitative estimate of drug-likeness (QED) is 0.779. The van der Waals surface area contributed by atoms with Crippen molar-refractivity contribution >= 4 is 17.6 Å². The van der Waals surface area contributed by atoms with Crippen LogP contribution in [0, 0.1) is 11.8 Å². The van der Waals surface area contributed by atoms with E-state index < -0.39 is 0 Å². The van der Waals surface area contributed by atoms with E-state index in [0.29, 0.717) is 13.0 Å². The number of aromatic nitrogens is 1. The van der Waals surface area contributed by atoms with Crippen LogP contribution in [0.1, 0.15) is 36.9 Å². The molecule has 1 aromatic carbocycles. The third-order valence-corrected chi connectivity index (χ3v) is 5.63. The molecule has 1 saturated carbocycles. The molecule has 5 heteroatoms. The van der Waals surface area contributed by atoms with Crippen LogP contribution in [0.5, 0.6) is 0 Å². The highest BCUT2D eigenvalue weighted by Gasteiger charge is 2.40. The molecule has 140 valence electrons. The van der Waals surface area contributed by atoms with E-state index in [-0.39, 0.29) is 30.3 Å². The van der Waals surface area contributed by atoms with E-state index in [1.165, 1.54) is 5.56 Å². The monoisotopic (exact) mass is 364 g/mol. The Morgan fingerprint density at radius 2 is 1.81 bits per heavy atom. The molecule has 4 rings (SSSR count). The number of hydrogen-bond donors (Lipinski definition) is 0. The number of para-hydroxylation sites is 1. The molecule has 1 aliphatic carbocycles. The first kappa shape index (κ1) is 17.7. The molecule has 5 nitrogen and oxygen atoms in total. The molecule has 0 spiro atoms. The highest BCUT2D eigenvalue weighted by atomic mass is 16.5. The van der Waals surface area contributed by atoms with Gasteiger partial charge in [0.1, 0.15) is 6.61 Å². The van der Waals surface area contributed by atoms with E-state index in [9.17, 15) is 9.59 Å². The van der Waals surface area contributed by atoms with Gasteiger partial charge < -0.3 is 9.64 Å². The van der Waals surface area contributed by atoms with Crippen molar-refractivity contribution in [2.45, 2.75) is 38.7 Å². The van der Waals surface area contributed by atoms with Crippen LogP contribution in [-0.4, -0.2) is 23.4 Å². The molecule has 1 amide bonds. The summed E-state index contributed by atoms with van der Waals surface area (Å²) in [6.45, 7) is 0.855. The number of hydrogen-bond acceptors (Lipinski definition) is 4. The lowest BCUT2D eigenvalue weighted by atomic mass is 9.78. The van der Waals surface area contributed by atoms with Crippen molar-refractivity contribution in [1.82, 2.24) is 4.98 Å². The highest BCUT2D eigenvalue weighted by Crippen LogP contribution is 2.36. The van der Waals surface area contributed by atoms with Gasteiger partial charge >= 0.3 is 5.97 Å². The normalized spacial score (nSPS) is 21.6. The van der Waals surface area contributed by atoms with Crippen LogP contribution in [0.4, 0.5) is 5.69 Å². The van der Waals surface area contributed by atoms with Crippen molar-refractivity contribution < 1.29 is 14.3 Å². The Morgan fingerprint density at radius 1 is 1.04 bits per heavy atom. The molecule has 27 heavy (non-hydrogen) atoms. The lowest BCUT2D eigenvalue weighted by molar-refractivity contribution is -0.155. The standard InChI is InChI=1S/C22H24N2O3/c25-21(24-14-12-16-7-1-4-11-20(16)24)18-9-2-3-10-19(18)22(26)27-15-17-8-5-6-13-23-17/h1,4-8,11,13,18-19H,2-3,9-10,12,14-15H2. The van der Waals surface area contributed by atoms with Crippen LogP contribution >= 0.6 is 0 Å². The van der Waals surface area contributed by atoms with Crippen molar-refractivity contribution in [2.75, 3.05) is 11.4 Å². The maximum absolute atomic E-state index is 13.3. The van der Waals surface area contributed by atoms with Crippen LogP contribution in [0.3, 0.4) is 0 Å². The maximum atomic E-state index is 13.3. The molecule has 0 radical (unpaired) electrons. The van der Waals surface area contributed by atoms with Gasteiger partial charge in [-0.15, -0.1) is 0 Å². The molecular weight excluding hydrogens is 340 g/mol. The minimum Gasteiger partial charge on any atom is -0.459 e. The smallest absolute Gasteiger partial charge is 0.310 e. The Morgan fingerprint density at radius 3 is 2.63 bits per heavy atom. The molecule has 2 aliphatic rings. The average molecular weight is 364 g/mol. The number of rotatable bonds is 4. The molecule has 1 aromatic heterocycles. The van der Waals surface area contributed by atoms with E-state index >= 15 is 0 Å². The number of anilines is 1. The van der Waals surface area contributed by atoms with E-state index in [4.69, 9.17) is 4.74 Å². The molecule has 2 unspecified atom stereocenters. The molecule has 1 aliphatic heterocycles. The summed E-state index contributed by atoms with van der Waals surface area (Å²) in [6.07, 6.45) is 5.97. The number of fused-ring (bicyclic) bond motifs is 1. The Bertz CT molecular complexity index is 821. The van der Waals surface area contributed by atoms with Crippen LogP contribution in [-0.2, 0) is 27.4 Å². The van der Waals surface area contributed by atoms with Gasteiger partial charge in [0.2, 0.25) is 5.91 Å². The van der Waals surface area contributed by atoms with Gasteiger partial charge in [0.15, 0.2) is 0 Å². The summed E-state index contributed by atoms with van der Waals surface area (Å²) in [6, 6.07) is 13.6. The van der Waals surface area contributed by atoms with Gasteiger partial charge in [0, 0.05) is 18.4 Å². The van der Waals surface area contributed by atoms with Crippen molar-refractivity contribution in [2.24, 2.45) is 11.8 Å². The number of benzene rings is 1. The second kappa shape index (κ2) is 7.91. The number of esters is 1. The lowest BCUT2D eigenvalue weighted by Gasteiger charge is -2.32. The van der Waals surface area contributed by atoms with E-state index in [1.54, 1.807) is 6.20 Å². The Balaban J connectivity index is 1.46. The summed E-state index contributed by atoms with van der Waals surface area (Å²) in [7, 11) is 0. The first-order chi connectivity index (χ1) is 13.2. The Hall–Kier alpha value is -2.69. The fourth-order valence-corrected chi connectivity index (χ4v) is 4.21. The summed E-state index contributed by atoms with van der Waals surface area (Å²) >= 11 is 0. The molecular formula is C22H24N2O3. The van der Waals surface area contributed by atoms with Crippen LogP contribution < -0.4 is 4.90 Å². The largest absolute Gasteiger partial charge is 0.459 e. The zero-order chi connectivity index (χ0) is 18.6. The van der Waals surface area contributed by atoms with Crippen LogP contribution in [0.2, 0.25) is 0 Å². The number of nitrogens with zero attached hydrogens (tertiary/aromatic N) is 2. The second-order valence-electron chi connectivity index (χ2n) is 7.29. The number of carbonyl (C=O) groups excluding carboxylic acids is 2. The predicted molar refractivity (Wildman–Crippen MR) is 102 cm³/mol. The summed E-state index contributed by atoms with van der Waals surface area (Å²) in [5.41, 5.74) is 2.92. The van der Waals surface area contributed by atoms with Gasteiger partial charge in [-0.3, -0.25) is 14.6 Å². The summed E-state index contributed by atoms with van der Waals surface area (Å²) in [4.78, 5) is 32.0. The second-order valence-corrected chi connectivity index (χ2v) is 7.29. The highest BCUT2D eigenvalue weighted by molar-refractivity contribution is 5.99. The van der Waals surface area contributed by atoms with Crippen LogP contribution in [0.15, 0.2) is 48.7 Å². The molecule has 0 bridgehead atoms. The van der Waals surface area contributed by atoms with Gasteiger partial charge in [-0.25, -0.2) is 0 Å². The molecule has 0 saturated heterocycles. The third kappa shape index (κ3) is 3.72. The summed E-state index contributed by atoms with van der Waals surface area (Å²) in [5.74, 6) is -0.852. The topological polar surface area (TPSA) is 59.5 Å². The molecule has 2 aromatic rings. The first-order valence-electron chi connectivity index (χ1n) is 9.70. The number of pyridine rings is 1. The van der Waals surface area contributed by atoms with Crippen molar-refractivity contribution in [3.05, 3.63) is 59.9 Å². The lowest BCUT2D eigenvalue weighted by Crippen LogP contribution is -2.42. The molecule has 0 N–H and O–H groups in total. The fourth-order valence-electron chi connectivity index (χ4n) is 4.21. The maximum Gasteiger partial charge on any atom is 0.310 e. The Kier molecular flexibility index (Phi) is 5.19. The number of amides is 1. The minimum absolute atomic E-state index is 0.0689. The summed E-state index contributed by atoms with van der Waals surface area (Å²) in [5, 5.41) is 0. The van der Waals surface area contributed by atoms with Gasteiger partial charge in [-0.05, 0) is 43.0 Å². The summed E-state index contributed by atoms with van der Waals surface area (Å²) < 4.78 is 5.51. The van der Waals surface area contributed by atoms with Gasteiger partial charge in [-0.2, -0.15) is 0 Å². The SMILES string of the molecule is O=C(OCc1ccccn1)C1CCCCC1C(=O)N1CCc2ccccc21. The van der Waals surface area contributed by atoms with Crippen molar-refractivity contribution in [3.8, 4) is 0 Å². The van der Waals surface area contributed by atoms with E-state index in [1.807, 2.05) is 41.3 Å². The number of carbonyl (C=O) groups is 2. The van der Waals surface area contributed by atoms with Gasteiger partial charge in [0.05, 0.1) is 17.5 Å². The van der Waals surface area contributed by atoms with Crippen LogP contribution in [0.25, 0.3) is 0 Å². The molecule has 1 fully saturated rings.